The molecule has 0 bridgehead atoms. The van der Waals surface area contributed by atoms with Crippen LogP contribution in [0.3, 0.4) is 0 Å². The van der Waals surface area contributed by atoms with Crippen LogP contribution in [0.25, 0.3) is 0 Å². The Morgan fingerprint density at radius 2 is 1.33 bits per heavy atom. The molecule has 2 radical (unpaired) electrons. The molecule has 0 unspecified atom stereocenters. The molecule has 0 spiro atoms. The zero-order valence-electron chi connectivity index (χ0n) is 2.58. The summed E-state index contributed by atoms with van der Waals surface area (Å²) in [5, 5.41) is 0. The Labute approximate surface area is 59.9 Å². The second-order valence-electron chi connectivity index (χ2n) is 0.551. The van der Waals surface area contributed by atoms with E-state index in [0.29, 0.717) is 3.82 Å². The molecule has 0 aliphatic heterocycles. The van der Waals surface area contributed by atoms with E-state index in [-0.39, 0.29) is 4.49 Å². The first-order valence-electron chi connectivity index (χ1n) is 1.04. The molecule has 0 aliphatic carbocycles. The molecular formula is C2AsCl3. The molecule has 0 nitrogen and oxygen atoms in total. The zero-order valence-corrected chi connectivity index (χ0v) is 6.73. The molecule has 0 N–H and O–H groups in total. The van der Waals surface area contributed by atoms with Gasteiger partial charge in [-0.2, -0.15) is 0 Å². The molecule has 0 heterocycles. The van der Waals surface area contributed by atoms with Gasteiger partial charge in [-0.25, -0.2) is 0 Å². The normalized spacial score (nSPS) is 8.00. The van der Waals surface area contributed by atoms with Gasteiger partial charge < -0.3 is 0 Å². The quantitative estimate of drug-likeness (QED) is 0.531. The topological polar surface area (TPSA) is 0 Å². The molecule has 0 atom stereocenters. The fourth-order valence-electron chi connectivity index (χ4n) is 0. The molecule has 0 aliphatic rings. The monoisotopic (exact) mass is 204 g/mol. The van der Waals surface area contributed by atoms with Gasteiger partial charge in [-0.15, -0.1) is 0 Å². The van der Waals surface area contributed by atoms with Gasteiger partial charge >= 0.3 is 60.0 Å². The van der Waals surface area contributed by atoms with Crippen molar-refractivity contribution in [1.82, 2.24) is 0 Å². The van der Waals surface area contributed by atoms with E-state index in [1.807, 2.05) is 16.9 Å². The summed E-state index contributed by atoms with van der Waals surface area (Å²) in [4.78, 5) is 0. The molecular weight excluding hydrogens is 205 g/mol. The minimum absolute atomic E-state index is 0.108. The SMILES string of the molecule is ClC(Cl)=C(Cl)[As]. The number of rotatable bonds is 0. The van der Waals surface area contributed by atoms with Crippen LogP contribution in [0.15, 0.2) is 8.31 Å². The van der Waals surface area contributed by atoms with Crippen LogP contribution in [0.4, 0.5) is 0 Å². The third-order valence-electron chi connectivity index (χ3n) is 0.156. The Morgan fingerprint density at radius 3 is 1.33 bits per heavy atom. The maximum absolute atomic E-state index is 5.20. The van der Waals surface area contributed by atoms with Crippen molar-refractivity contribution in [3.63, 3.8) is 0 Å². The van der Waals surface area contributed by atoms with Crippen LogP contribution >= 0.6 is 34.8 Å². The van der Waals surface area contributed by atoms with Gasteiger partial charge in [0, 0.05) is 0 Å². The van der Waals surface area contributed by atoms with E-state index < -0.39 is 0 Å². The average molecular weight is 205 g/mol. The molecule has 0 aromatic heterocycles. The summed E-state index contributed by atoms with van der Waals surface area (Å²) in [5.41, 5.74) is 0. The third-order valence-corrected chi connectivity index (χ3v) is 1.96. The zero-order chi connectivity index (χ0) is 5.15. The minimum atomic E-state index is 0.108. The van der Waals surface area contributed by atoms with E-state index in [0.717, 1.165) is 0 Å². The van der Waals surface area contributed by atoms with Crippen LogP contribution in [0.2, 0.25) is 0 Å². The predicted octanol–water partition coefficient (Wildman–Crippen LogP) is 2.00. The van der Waals surface area contributed by atoms with Crippen molar-refractivity contribution in [2.24, 2.45) is 0 Å². The fourth-order valence-corrected chi connectivity index (χ4v) is 0. The van der Waals surface area contributed by atoms with E-state index >= 15 is 0 Å². The Hall–Kier alpha value is 1.17. The summed E-state index contributed by atoms with van der Waals surface area (Å²) in [6, 6.07) is 0. The molecule has 0 saturated heterocycles. The van der Waals surface area contributed by atoms with Gasteiger partial charge in [0.05, 0.1) is 0 Å². The first-order valence-corrected chi connectivity index (χ1v) is 3.11. The van der Waals surface area contributed by atoms with Crippen molar-refractivity contribution in [3.05, 3.63) is 8.31 Å². The molecule has 4 heteroatoms. The first kappa shape index (κ1) is 7.17. The molecule has 0 aromatic carbocycles. The van der Waals surface area contributed by atoms with Crippen molar-refractivity contribution >= 4 is 51.7 Å². The number of halogens is 3. The summed E-state index contributed by atoms with van der Waals surface area (Å²) >= 11 is 17.4. The Bertz CT molecular complexity index is 58.9. The average Bonchev–Trinajstić information content (AvgIpc) is 1.36. The molecule has 0 fully saturated rings. The Kier molecular flexibility index (Phi) is 3.83. The summed E-state index contributed by atoms with van der Waals surface area (Å²) in [5.74, 6) is 0. The number of hydrogen-bond donors (Lipinski definition) is 0. The van der Waals surface area contributed by atoms with Crippen molar-refractivity contribution in [2.75, 3.05) is 0 Å². The summed E-state index contributed by atoms with van der Waals surface area (Å²) in [6.45, 7) is 0. The van der Waals surface area contributed by atoms with Gasteiger partial charge in [-0.1, -0.05) is 0 Å². The van der Waals surface area contributed by atoms with Gasteiger partial charge in [0.25, 0.3) is 0 Å². The molecule has 6 heavy (non-hydrogen) atoms. The van der Waals surface area contributed by atoms with E-state index in [2.05, 4.69) is 0 Å². The third kappa shape index (κ3) is 3.36. The molecule has 0 aromatic rings. The van der Waals surface area contributed by atoms with E-state index in [1.54, 1.807) is 0 Å². The molecule has 0 amide bonds. The summed E-state index contributed by atoms with van der Waals surface area (Å²) < 4.78 is 0.475. The first-order chi connectivity index (χ1) is 2.64. The van der Waals surface area contributed by atoms with Crippen molar-refractivity contribution in [3.8, 4) is 0 Å². The van der Waals surface area contributed by atoms with Crippen molar-refractivity contribution < 1.29 is 0 Å². The van der Waals surface area contributed by atoms with Crippen molar-refractivity contribution in [2.45, 2.75) is 0 Å². The number of hydrogen-bond acceptors (Lipinski definition) is 0. The maximum atomic E-state index is 5.20. The molecule has 34 valence electrons. The second-order valence-corrected chi connectivity index (χ2v) is 3.39. The van der Waals surface area contributed by atoms with Gasteiger partial charge in [0.1, 0.15) is 0 Å². The van der Waals surface area contributed by atoms with Gasteiger partial charge in [-0.05, 0) is 0 Å². The summed E-state index contributed by atoms with van der Waals surface area (Å²) in [6.07, 6.45) is 0. The summed E-state index contributed by atoms with van der Waals surface area (Å²) in [7, 11) is 0. The van der Waals surface area contributed by atoms with Gasteiger partial charge in [0.2, 0.25) is 0 Å². The van der Waals surface area contributed by atoms with Crippen LogP contribution in [-0.2, 0) is 0 Å². The van der Waals surface area contributed by atoms with Gasteiger partial charge in [-0.3, -0.25) is 0 Å². The molecule has 0 saturated carbocycles. The van der Waals surface area contributed by atoms with Crippen LogP contribution < -0.4 is 0 Å². The predicted molar refractivity (Wildman–Crippen MR) is 30.3 cm³/mol. The van der Waals surface area contributed by atoms with E-state index in [4.69, 9.17) is 34.8 Å². The fraction of sp³-hybridized carbons (Fsp3) is 0. The van der Waals surface area contributed by atoms with Crippen LogP contribution in [0.1, 0.15) is 0 Å². The van der Waals surface area contributed by atoms with Crippen LogP contribution in [0.5, 0.6) is 0 Å². The van der Waals surface area contributed by atoms with E-state index in [1.165, 1.54) is 0 Å². The Morgan fingerprint density at radius 1 is 1.17 bits per heavy atom. The second kappa shape index (κ2) is 3.21. The van der Waals surface area contributed by atoms with E-state index in [9.17, 15) is 0 Å². The van der Waals surface area contributed by atoms with Gasteiger partial charge in [0.15, 0.2) is 0 Å². The standard InChI is InChI=1S/C2AsCl3/c3-1(4)2(5)6. The van der Waals surface area contributed by atoms with Crippen LogP contribution in [-0.4, -0.2) is 16.9 Å². The van der Waals surface area contributed by atoms with Crippen LogP contribution in [0, 0.1) is 0 Å². The molecule has 0 rings (SSSR count). The Balaban J connectivity index is 3.68. The van der Waals surface area contributed by atoms with Crippen molar-refractivity contribution in [1.29, 1.82) is 0 Å².